The summed E-state index contributed by atoms with van der Waals surface area (Å²) in [6.07, 6.45) is 2.79. The van der Waals surface area contributed by atoms with Crippen LogP contribution in [0.15, 0.2) is 36.4 Å². The Balaban J connectivity index is -0.000000302. The van der Waals surface area contributed by atoms with Crippen molar-refractivity contribution in [2.24, 2.45) is 0 Å². The Kier molecular flexibility index (Phi) is 13.8. The van der Waals surface area contributed by atoms with Gasteiger partial charge in [0.05, 0.1) is 0 Å². The largest absolute Gasteiger partial charge is 0.386 e. The van der Waals surface area contributed by atoms with Crippen molar-refractivity contribution >= 4 is 48.1 Å². The summed E-state index contributed by atoms with van der Waals surface area (Å²) in [5, 5.41) is 1.17. The molecule has 1 nitrogen and oxygen atoms in total. The van der Waals surface area contributed by atoms with Crippen molar-refractivity contribution in [3.63, 3.8) is 0 Å². The second-order valence-corrected chi connectivity index (χ2v) is 2.13. The van der Waals surface area contributed by atoms with Gasteiger partial charge in [0.25, 0.3) is 0 Å². The fourth-order valence-electron chi connectivity index (χ4n) is 0.964. The third-order valence-corrected chi connectivity index (χ3v) is 1.46. The summed E-state index contributed by atoms with van der Waals surface area (Å²) in [6.45, 7) is 0. The van der Waals surface area contributed by atoms with Gasteiger partial charge in [-0.1, -0.05) is 30.5 Å². The molecular weight excluding hydrogens is 276 g/mol. The van der Waals surface area contributed by atoms with Crippen LogP contribution in [0.4, 0.5) is 0 Å². The van der Waals surface area contributed by atoms with Gasteiger partial charge in [-0.3, -0.25) is 0 Å². The number of para-hydroxylation sites is 1. The molecule has 0 fully saturated rings. The molecule has 0 aliphatic carbocycles. The van der Waals surface area contributed by atoms with Gasteiger partial charge in [0.1, 0.15) is 0 Å². The Bertz CT molecular complexity index is 291. The van der Waals surface area contributed by atoms with E-state index in [1.165, 1.54) is 5.39 Å². The molecular formula is C9H9Cl3NTi-. The Morgan fingerprint density at radius 3 is 2.21 bits per heavy atom. The van der Waals surface area contributed by atoms with Crippen molar-refractivity contribution in [3.05, 3.63) is 42.6 Å². The van der Waals surface area contributed by atoms with Crippen molar-refractivity contribution in [1.29, 1.82) is 0 Å². The SMILES string of the molecule is Cl.Cl.Cl.[Ti].[c-]1ccc2ccccc2n1. The minimum Gasteiger partial charge on any atom is -0.386 e. The predicted molar refractivity (Wildman–Crippen MR) is 62.3 cm³/mol. The average Bonchev–Trinajstić information content (AvgIpc) is 2.05. The molecule has 0 unspecified atom stereocenters. The Morgan fingerprint density at radius 1 is 0.929 bits per heavy atom. The predicted octanol–water partition coefficient (Wildman–Crippen LogP) is 3.30. The quantitative estimate of drug-likeness (QED) is 0.534. The van der Waals surface area contributed by atoms with Crippen LogP contribution in [-0.4, -0.2) is 4.98 Å². The summed E-state index contributed by atoms with van der Waals surface area (Å²) in [6, 6.07) is 11.8. The smallest absolute Gasteiger partial charge is 0 e. The molecule has 0 radical (unpaired) electrons. The minimum atomic E-state index is 0. The Labute approximate surface area is 117 Å². The number of benzene rings is 1. The molecule has 2 aromatic rings. The van der Waals surface area contributed by atoms with Crippen molar-refractivity contribution in [2.75, 3.05) is 0 Å². The van der Waals surface area contributed by atoms with Gasteiger partial charge < -0.3 is 4.98 Å². The standard InChI is InChI=1S/C9H6N.3ClH.Ti/c1-2-6-9-8(4-1)5-3-7-10-9;;;;/h1-6H;3*1H;/q-1;;;;. The number of hydrogen-bond donors (Lipinski definition) is 0. The second-order valence-electron chi connectivity index (χ2n) is 2.13. The van der Waals surface area contributed by atoms with E-state index in [2.05, 4.69) is 11.2 Å². The molecule has 0 spiro atoms. The maximum absolute atomic E-state index is 4.06. The van der Waals surface area contributed by atoms with Crippen LogP contribution in [0.5, 0.6) is 0 Å². The molecule has 76 valence electrons. The van der Waals surface area contributed by atoms with Crippen LogP contribution in [-0.2, 0) is 21.7 Å². The molecule has 1 aromatic heterocycles. The van der Waals surface area contributed by atoms with Gasteiger partial charge in [0, 0.05) is 21.7 Å². The molecule has 2 rings (SSSR count). The number of halogens is 3. The summed E-state index contributed by atoms with van der Waals surface area (Å²) in [4.78, 5) is 4.06. The molecule has 0 atom stereocenters. The normalized spacial score (nSPS) is 7.14. The van der Waals surface area contributed by atoms with Crippen LogP contribution in [0, 0.1) is 6.20 Å². The average molecular weight is 285 g/mol. The molecule has 0 aliphatic rings. The van der Waals surface area contributed by atoms with Gasteiger partial charge in [-0.25, -0.2) is 0 Å². The third-order valence-electron chi connectivity index (χ3n) is 1.46. The molecule has 0 saturated heterocycles. The maximum Gasteiger partial charge on any atom is 0 e. The molecule has 1 aromatic carbocycles. The number of aromatic nitrogens is 1. The van der Waals surface area contributed by atoms with E-state index in [0.717, 1.165) is 5.52 Å². The fraction of sp³-hybridized carbons (Fsp3) is 0. The molecule has 0 bridgehead atoms. The summed E-state index contributed by atoms with van der Waals surface area (Å²) in [7, 11) is 0. The topological polar surface area (TPSA) is 12.9 Å². The first-order valence-electron chi connectivity index (χ1n) is 3.19. The van der Waals surface area contributed by atoms with E-state index >= 15 is 0 Å². The van der Waals surface area contributed by atoms with Crippen LogP contribution in [0.1, 0.15) is 0 Å². The second kappa shape index (κ2) is 9.76. The van der Waals surface area contributed by atoms with Crippen LogP contribution in [0.25, 0.3) is 10.9 Å². The van der Waals surface area contributed by atoms with Gasteiger partial charge >= 0.3 is 0 Å². The van der Waals surface area contributed by atoms with E-state index in [1.54, 1.807) is 0 Å². The monoisotopic (exact) mass is 284 g/mol. The molecule has 14 heavy (non-hydrogen) atoms. The first-order chi connectivity index (χ1) is 4.97. The zero-order valence-electron chi connectivity index (χ0n) is 7.14. The molecule has 5 heteroatoms. The van der Waals surface area contributed by atoms with Gasteiger partial charge in [-0.15, -0.1) is 42.6 Å². The number of nitrogens with zero attached hydrogens (tertiary/aromatic N) is 1. The van der Waals surface area contributed by atoms with Gasteiger partial charge in [0.2, 0.25) is 0 Å². The van der Waals surface area contributed by atoms with Gasteiger partial charge in [-0.2, -0.15) is 12.1 Å². The van der Waals surface area contributed by atoms with E-state index in [1.807, 2.05) is 36.4 Å². The minimum absolute atomic E-state index is 0. The summed E-state index contributed by atoms with van der Waals surface area (Å²) < 4.78 is 0. The van der Waals surface area contributed by atoms with E-state index in [-0.39, 0.29) is 58.9 Å². The fourth-order valence-corrected chi connectivity index (χ4v) is 0.964. The number of rotatable bonds is 0. The van der Waals surface area contributed by atoms with Crippen molar-refractivity contribution in [1.82, 2.24) is 4.98 Å². The van der Waals surface area contributed by atoms with Crippen molar-refractivity contribution < 1.29 is 21.7 Å². The van der Waals surface area contributed by atoms with Crippen molar-refractivity contribution in [3.8, 4) is 0 Å². The van der Waals surface area contributed by atoms with Crippen molar-refractivity contribution in [2.45, 2.75) is 0 Å². The number of hydrogen-bond acceptors (Lipinski definition) is 1. The summed E-state index contributed by atoms with van der Waals surface area (Å²) in [5.41, 5.74) is 1.00. The van der Waals surface area contributed by atoms with Gasteiger partial charge in [0.15, 0.2) is 0 Å². The molecule has 0 amide bonds. The molecule has 0 N–H and O–H groups in total. The Hall–Kier alpha value is 0.214. The first-order valence-corrected chi connectivity index (χ1v) is 3.19. The van der Waals surface area contributed by atoms with Crippen LogP contribution in [0.3, 0.4) is 0 Å². The molecule has 1 heterocycles. The number of pyridine rings is 1. The maximum atomic E-state index is 4.06. The van der Waals surface area contributed by atoms with Crippen LogP contribution >= 0.6 is 37.2 Å². The number of fused-ring (bicyclic) bond motifs is 1. The van der Waals surface area contributed by atoms with Crippen LogP contribution < -0.4 is 0 Å². The zero-order valence-corrected chi connectivity index (χ0v) is 11.1. The van der Waals surface area contributed by atoms with E-state index in [9.17, 15) is 0 Å². The molecule has 0 aliphatic heterocycles. The summed E-state index contributed by atoms with van der Waals surface area (Å²) in [5.74, 6) is 0. The third kappa shape index (κ3) is 4.63. The van der Waals surface area contributed by atoms with E-state index in [4.69, 9.17) is 0 Å². The Morgan fingerprint density at radius 2 is 1.57 bits per heavy atom. The zero-order chi connectivity index (χ0) is 6.81. The van der Waals surface area contributed by atoms with Gasteiger partial charge in [-0.05, 0) is 5.52 Å². The van der Waals surface area contributed by atoms with E-state index < -0.39 is 0 Å². The first kappa shape index (κ1) is 19.7. The molecule has 0 saturated carbocycles. The van der Waals surface area contributed by atoms with Crippen LogP contribution in [0.2, 0.25) is 0 Å². The van der Waals surface area contributed by atoms with E-state index in [0.29, 0.717) is 0 Å². The summed E-state index contributed by atoms with van der Waals surface area (Å²) >= 11 is 0.